The molecular weight excluding hydrogens is 214 g/mol. The normalized spacial score (nSPS) is 10.8. The van der Waals surface area contributed by atoms with Crippen molar-refractivity contribution < 1.29 is 4.74 Å². The summed E-state index contributed by atoms with van der Waals surface area (Å²) in [7, 11) is 1.65. The smallest absolute Gasteiger partial charge is 0.137 e. The molecule has 2 rings (SSSR count). The summed E-state index contributed by atoms with van der Waals surface area (Å²) >= 11 is 0. The first-order chi connectivity index (χ1) is 8.20. The van der Waals surface area contributed by atoms with Gasteiger partial charge in [0.25, 0.3) is 0 Å². The number of hydrogen-bond donors (Lipinski definition) is 1. The Bertz CT molecular complexity index is 511. The maximum Gasteiger partial charge on any atom is 0.137 e. The molecule has 4 heteroatoms. The summed E-state index contributed by atoms with van der Waals surface area (Å²) in [5.74, 6) is 2.27. The van der Waals surface area contributed by atoms with Gasteiger partial charge in [0, 0.05) is 18.0 Å². The highest BCUT2D eigenvalue weighted by Gasteiger charge is 2.04. The summed E-state index contributed by atoms with van der Waals surface area (Å²) in [6.07, 6.45) is 1.57. The van der Waals surface area contributed by atoms with Crippen LogP contribution in [0.25, 0.3) is 10.9 Å². The maximum atomic E-state index is 5.18. The van der Waals surface area contributed by atoms with Crippen LogP contribution in [0.5, 0.6) is 5.75 Å². The Balaban J connectivity index is 2.36. The van der Waals surface area contributed by atoms with Gasteiger partial charge in [-0.25, -0.2) is 9.97 Å². The van der Waals surface area contributed by atoms with Gasteiger partial charge in [-0.3, -0.25) is 0 Å². The number of anilines is 1. The van der Waals surface area contributed by atoms with Crippen LogP contribution in [0.15, 0.2) is 24.5 Å². The SMILES string of the molecule is COc1ccc2c(NCC(C)C)ncnc2c1. The van der Waals surface area contributed by atoms with Gasteiger partial charge in [0.15, 0.2) is 0 Å². The lowest BCUT2D eigenvalue weighted by Crippen LogP contribution is -2.09. The molecule has 0 spiro atoms. The van der Waals surface area contributed by atoms with Crippen LogP contribution in [-0.4, -0.2) is 23.6 Å². The molecule has 0 saturated carbocycles. The molecule has 0 aliphatic heterocycles. The minimum atomic E-state index is 0.582. The molecule has 90 valence electrons. The van der Waals surface area contributed by atoms with Gasteiger partial charge in [0.05, 0.1) is 12.6 Å². The van der Waals surface area contributed by atoms with Gasteiger partial charge in [-0.2, -0.15) is 0 Å². The minimum absolute atomic E-state index is 0.582. The number of ether oxygens (including phenoxy) is 1. The topological polar surface area (TPSA) is 47.0 Å². The van der Waals surface area contributed by atoms with E-state index in [9.17, 15) is 0 Å². The predicted molar refractivity (Wildman–Crippen MR) is 69.4 cm³/mol. The number of rotatable bonds is 4. The summed E-state index contributed by atoms with van der Waals surface area (Å²) < 4.78 is 5.18. The van der Waals surface area contributed by atoms with Crippen LogP contribution < -0.4 is 10.1 Å². The first kappa shape index (κ1) is 11.6. The lowest BCUT2D eigenvalue weighted by molar-refractivity contribution is 0.415. The second-order valence-corrected chi connectivity index (χ2v) is 4.38. The molecular formula is C13H17N3O. The summed E-state index contributed by atoms with van der Waals surface area (Å²) in [6.45, 7) is 5.23. The highest BCUT2D eigenvalue weighted by atomic mass is 16.5. The number of methoxy groups -OCH3 is 1. The van der Waals surface area contributed by atoms with Crippen molar-refractivity contribution in [2.45, 2.75) is 13.8 Å². The van der Waals surface area contributed by atoms with Crippen molar-refractivity contribution in [1.82, 2.24) is 9.97 Å². The first-order valence-corrected chi connectivity index (χ1v) is 5.73. The van der Waals surface area contributed by atoms with Gasteiger partial charge in [0.1, 0.15) is 17.9 Å². The van der Waals surface area contributed by atoms with Crippen molar-refractivity contribution >= 4 is 16.7 Å². The molecule has 0 atom stereocenters. The number of hydrogen-bond acceptors (Lipinski definition) is 4. The summed E-state index contributed by atoms with van der Waals surface area (Å²) in [5.41, 5.74) is 0.894. The standard InChI is InChI=1S/C13H17N3O/c1-9(2)7-14-13-11-5-4-10(17-3)6-12(11)15-8-16-13/h4-6,8-9H,7H2,1-3H3,(H,14,15,16). The van der Waals surface area contributed by atoms with Crippen LogP contribution in [-0.2, 0) is 0 Å². The number of nitrogens with zero attached hydrogens (tertiary/aromatic N) is 2. The lowest BCUT2D eigenvalue weighted by atomic mass is 10.2. The maximum absolute atomic E-state index is 5.18. The van der Waals surface area contributed by atoms with Crippen molar-refractivity contribution in [3.8, 4) is 5.75 Å². The third kappa shape index (κ3) is 2.64. The number of aromatic nitrogens is 2. The Kier molecular flexibility index (Phi) is 3.42. The van der Waals surface area contributed by atoms with E-state index < -0.39 is 0 Å². The van der Waals surface area contributed by atoms with Crippen molar-refractivity contribution in [3.63, 3.8) is 0 Å². The molecule has 4 nitrogen and oxygen atoms in total. The molecule has 0 saturated heterocycles. The van der Waals surface area contributed by atoms with Crippen LogP contribution in [0.4, 0.5) is 5.82 Å². The van der Waals surface area contributed by atoms with E-state index in [2.05, 4.69) is 29.1 Å². The third-order valence-electron chi connectivity index (χ3n) is 2.52. The largest absolute Gasteiger partial charge is 0.497 e. The Morgan fingerprint density at radius 3 is 2.82 bits per heavy atom. The second kappa shape index (κ2) is 4.99. The zero-order valence-corrected chi connectivity index (χ0v) is 10.4. The van der Waals surface area contributed by atoms with Gasteiger partial charge in [0.2, 0.25) is 0 Å². The van der Waals surface area contributed by atoms with E-state index >= 15 is 0 Å². The van der Waals surface area contributed by atoms with Crippen LogP contribution in [0.2, 0.25) is 0 Å². The Hall–Kier alpha value is -1.84. The van der Waals surface area contributed by atoms with E-state index in [4.69, 9.17) is 4.74 Å². The van der Waals surface area contributed by atoms with Crippen LogP contribution in [0, 0.1) is 5.92 Å². The molecule has 0 amide bonds. The highest BCUT2D eigenvalue weighted by molar-refractivity contribution is 5.89. The summed E-state index contributed by atoms with van der Waals surface area (Å²) in [5, 5.41) is 4.35. The molecule has 2 aromatic rings. The molecule has 1 aromatic carbocycles. The average molecular weight is 231 g/mol. The molecule has 17 heavy (non-hydrogen) atoms. The second-order valence-electron chi connectivity index (χ2n) is 4.38. The van der Waals surface area contributed by atoms with Gasteiger partial charge in [-0.05, 0) is 18.1 Å². The van der Waals surface area contributed by atoms with E-state index in [0.717, 1.165) is 29.0 Å². The molecule has 1 N–H and O–H groups in total. The highest BCUT2D eigenvalue weighted by Crippen LogP contribution is 2.23. The van der Waals surface area contributed by atoms with E-state index in [0.29, 0.717) is 5.92 Å². The minimum Gasteiger partial charge on any atom is -0.497 e. The van der Waals surface area contributed by atoms with Crippen LogP contribution in [0.3, 0.4) is 0 Å². The molecule has 0 radical (unpaired) electrons. The molecule has 0 bridgehead atoms. The van der Waals surface area contributed by atoms with Gasteiger partial charge >= 0.3 is 0 Å². The zero-order chi connectivity index (χ0) is 12.3. The van der Waals surface area contributed by atoms with E-state index in [1.807, 2.05) is 18.2 Å². The lowest BCUT2D eigenvalue weighted by Gasteiger charge is -2.10. The van der Waals surface area contributed by atoms with E-state index in [-0.39, 0.29) is 0 Å². The fourth-order valence-electron chi connectivity index (χ4n) is 1.61. The van der Waals surface area contributed by atoms with E-state index in [1.165, 1.54) is 0 Å². The van der Waals surface area contributed by atoms with Gasteiger partial charge in [-0.1, -0.05) is 13.8 Å². The van der Waals surface area contributed by atoms with Crippen molar-refractivity contribution in [1.29, 1.82) is 0 Å². The number of nitrogens with one attached hydrogen (secondary N) is 1. The van der Waals surface area contributed by atoms with Gasteiger partial charge < -0.3 is 10.1 Å². The Morgan fingerprint density at radius 1 is 1.29 bits per heavy atom. The zero-order valence-electron chi connectivity index (χ0n) is 10.4. The molecule has 1 aromatic heterocycles. The van der Waals surface area contributed by atoms with Crippen LogP contribution in [0.1, 0.15) is 13.8 Å². The van der Waals surface area contributed by atoms with Crippen molar-refractivity contribution in [3.05, 3.63) is 24.5 Å². The van der Waals surface area contributed by atoms with Crippen molar-refractivity contribution in [2.24, 2.45) is 5.92 Å². The molecule has 1 heterocycles. The fraction of sp³-hybridized carbons (Fsp3) is 0.385. The fourth-order valence-corrected chi connectivity index (χ4v) is 1.61. The number of benzene rings is 1. The Morgan fingerprint density at radius 2 is 2.12 bits per heavy atom. The quantitative estimate of drug-likeness (QED) is 0.878. The van der Waals surface area contributed by atoms with E-state index in [1.54, 1.807) is 13.4 Å². The first-order valence-electron chi connectivity index (χ1n) is 5.73. The van der Waals surface area contributed by atoms with Crippen molar-refractivity contribution in [2.75, 3.05) is 19.0 Å². The summed E-state index contributed by atoms with van der Waals surface area (Å²) in [4.78, 5) is 8.52. The third-order valence-corrected chi connectivity index (χ3v) is 2.52. The Labute approximate surface area is 101 Å². The predicted octanol–water partition coefficient (Wildman–Crippen LogP) is 2.71. The molecule has 0 fully saturated rings. The van der Waals surface area contributed by atoms with Gasteiger partial charge in [-0.15, -0.1) is 0 Å². The van der Waals surface area contributed by atoms with Crippen LogP contribution >= 0.6 is 0 Å². The molecule has 0 aliphatic carbocycles. The molecule has 0 aliphatic rings. The monoisotopic (exact) mass is 231 g/mol. The summed E-state index contributed by atoms with van der Waals surface area (Å²) in [6, 6.07) is 5.82. The average Bonchev–Trinajstić information content (AvgIpc) is 2.35. The molecule has 0 unspecified atom stereocenters. The number of fused-ring (bicyclic) bond motifs is 1.